The highest BCUT2D eigenvalue weighted by molar-refractivity contribution is 6.34. The van der Waals surface area contributed by atoms with Crippen molar-refractivity contribution in [1.29, 1.82) is 0 Å². The van der Waals surface area contributed by atoms with Gasteiger partial charge in [-0.1, -0.05) is 11.6 Å². The van der Waals surface area contributed by atoms with E-state index in [2.05, 4.69) is 5.32 Å². The molecule has 0 saturated carbocycles. The lowest BCUT2D eigenvalue weighted by atomic mass is 9.92. The Morgan fingerprint density at radius 1 is 1.33 bits per heavy atom. The molecule has 3 amide bonds. The SMILES string of the molecule is CC(=O)Nc1ccc(Cl)c(C(=O)N2CC[C@H]3[C@H](CC(=O)N3C)C2)c1. The lowest BCUT2D eigenvalue weighted by Gasteiger charge is -2.36. The van der Waals surface area contributed by atoms with Gasteiger partial charge in [-0.3, -0.25) is 14.4 Å². The van der Waals surface area contributed by atoms with E-state index in [1.807, 2.05) is 7.05 Å². The molecule has 0 aliphatic carbocycles. The Balaban J connectivity index is 1.77. The molecule has 1 aromatic rings. The maximum atomic E-state index is 12.8. The molecule has 2 heterocycles. The highest BCUT2D eigenvalue weighted by Crippen LogP contribution is 2.32. The number of likely N-dealkylation sites (tertiary alicyclic amines) is 2. The van der Waals surface area contributed by atoms with Crippen LogP contribution in [0.25, 0.3) is 0 Å². The van der Waals surface area contributed by atoms with Gasteiger partial charge in [-0.2, -0.15) is 0 Å². The summed E-state index contributed by atoms with van der Waals surface area (Å²) < 4.78 is 0. The molecule has 2 saturated heterocycles. The van der Waals surface area contributed by atoms with E-state index in [1.54, 1.807) is 28.0 Å². The van der Waals surface area contributed by atoms with Crippen molar-refractivity contribution in [2.45, 2.75) is 25.8 Å². The van der Waals surface area contributed by atoms with Gasteiger partial charge in [0.05, 0.1) is 10.6 Å². The second-order valence-corrected chi connectivity index (χ2v) is 6.86. The normalized spacial score (nSPS) is 23.2. The summed E-state index contributed by atoms with van der Waals surface area (Å²) in [5.74, 6) is -0.0424. The second-order valence-electron chi connectivity index (χ2n) is 6.45. The zero-order valence-electron chi connectivity index (χ0n) is 13.7. The predicted molar refractivity (Wildman–Crippen MR) is 90.9 cm³/mol. The molecule has 128 valence electrons. The van der Waals surface area contributed by atoms with Crippen LogP contribution in [-0.2, 0) is 9.59 Å². The largest absolute Gasteiger partial charge is 0.342 e. The Labute approximate surface area is 145 Å². The monoisotopic (exact) mass is 349 g/mol. The molecule has 2 fully saturated rings. The van der Waals surface area contributed by atoms with Crippen LogP contribution in [-0.4, -0.2) is 53.7 Å². The van der Waals surface area contributed by atoms with Crippen molar-refractivity contribution in [3.63, 3.8) is 0 Å². The summed E-state index contributed by atoms with van der Waals surface area (Å²) in [6.07, 6.45) is 1.27. The number of nitrogens with one attached hydrogen (secondary N) is 1. The number of rotatable bonds is 2. The third-order valence-corrected chi connectivity index (χ3v) is 5.16. The van der Waals surface area contributed by atoms with Gasteiger partial charge in [0.1, 0.15) is 0 Å². The minimum absolute atomic E-state index is 0.144. The van der Waals surface area contributed by atoms with Crippen molar-refractivity contribution in [2.24, 2.45) is 5.92 Å². The Kier molecular flexibility index (Phi) is 4.49. The summed E-state index contributed by atoms with van der Waals surface area (Å²) in [4.78, 5) is 39.4. The molecular formula is C17H20ClN3O3. The van der Waals surface area contributed by atoms with Gasteiger partial charge < -0.3 is 15.1 Å². The van der Waals surface area contributed by atoms with Crippen molar-refractivity contribution in [1.82, 2.24) is 9.80 Å². The van der Waals surface area contributed by atoms with Gasteiger partial charge in [0.2, 0.25) is 11.8 Å². The van der Waals surface area contributed by atoms with Crippen molar-refractivity contribution in [3.05, 3.63) is 28.8 Å². The molecule has 7 heteroatoms. The van der Waals surface area contributed by atoms with Crippen LogP contribution in [0.4, 0.5) is 5.69 Å². The quantitative estimate of drug-likeness (QED) is 0.887. The van der Waals surface area contributed by atoms with Crippen LogP contribution >= 0.6 is 11.6 Å². The maximum absolute atomic E-state index is 12.8. The number of amides is 3. The molecule has 2 aliphatic heterocycles. The number of nitrogens with zero attached hydrogens (tertiary/aromatic N) is 2. The number of benzene rings is 1. The minimum Gasteiger partial charge on any atom is -0.342 e. The van der Waals surface area contributed by atoms with E-state index in [-0.39, 0.29) is 29.7 Å². The number of fused-ring (bicyclic) bond motifs is 1. The fourth-order valence-corrected chi connectivity index (χ4v) is 3.81. The Morgan fingerprint density at radius 2 is 2.08 bits per heavy atom. The van der Waals surface area contributed by atoms with E-state index in [4.69, 9.17) is 11.6 Å². The first-order chi connectivity index (χ1) is 11.4. The van der Waals surface area contributed by atoms with Crippen molar-refractivity contribution >= 4 is 35.0 Å². The lowest BCUT2D eigenvalue weighted by Crippen LogP contribution is -2.47. The molecule has 1 N–H and O–H groups in total. The third-order valence-electron chi connectivity index (χ3n) is 4.83. The number of halogens is 1. The fraction of sp³-hybridized carbons (Fsp3) is 0.471. The summed E-state index contributed by atoms with van der Waals surface area (Å²) >= 11 is 6.18. The Bertz CT molecular complexity index is 706. The predicted octanol–water partition coefficient (Wildman–Crippen LogP) is 1.99. The number of anilines is 1. The lowest BCUT2D eigenvalue weighted by molar-refractivity contribution is -0.127. The van der Waals surface area contributed by atoms with Crippen LogP contribution in [0, 0.1) is 5.92 Å². The smallest absolute Gasteiger partial charge is 0.255 e. The zero-order chi connectivity index (χ0) is 17.4. The molecule has 0 bridgehead atoms. The Morgan fingerprint density at radius 3 is 2.79 bits per heavy atom. The summed E-state index contributed by atoms with van der Waals surface area (Å²) in [6, 6.07) is 5.10. The molecule has 0 aromatic heterocycles. The van der Waals surface area contributed by atoms with Crippen LogP contribution in [0.15, 0.2) is 18.2 Å². The van der Waals surface area contributed by atoms with E-state index < -0.39 is 0 Å². The standard InChI is InChI=1S/C17H20ClN3O3/c1-10(22)19-12-3-4-14(18)13(8-12)17(24)21-6-5-15-11(9-21)7-16(23)20(15)2/h3-4,8,11,15H,5-7,9H2,1-2H3,(H,19,22)/t11-,15+/m1/s1. The number of carbonyl (C=O) groups excluding carboxylic acids is 3. The van der Waals surface area contributed by atoms with Crippen LogP contribution < -0.4 is 5.32 Å². The molecule has 0 spiro atoms. The van der Waals surface area contributed by atoms with E-state index in [1.165, 1.54) is 6.92 Å². The summed E-state index contributed by atoms with van der Waals surface area (Å²) in [5.41, 5.74) is 0.917. The molecular weight excluding hydrogens is 330 g/mol. The number of carbonyl (C=O) groups is 3. The minimum atomic E-state index is -0.205. The summed E-state index contributed by atoms with van der Waals surface area (Å²) in [6.45, 7) is 2.56. The molecule has 6 nitrogen and oxygen atoms in total. The molecule has 3 rings (SSSR count). The maximum Gasteiger partial charge on any atom is 0.255 e. The van der Waals surface area contributed by atoms with Gasteiger partial charge in [-0.15, -0.1) is 0 Å². The summed E-state index contributed by atoms with van der Waals surface area (Å²) in [7, 11) is 1.83. The van der Waals surface area contributed by atoms with E-state index >= 15 is 0 Å². The molecule has 24 heavy (non-hydrogen) atoms. The van der Waals surface area contributed by atoms with Crippen LogP contribution in [0.1, 0.15) is 30.1 Å². The molecule has 0 radical (unpaired) electrons. The van der Waals surface area contributed by atoms with Gasteiger partial charge in [-0.25, -0.2) is 0 Å². The molecule has 1 aromatic carbocycles. The second kappa shape index (κ2) is 6.43. The topological polar surface area (TPSA) is 69.7 Å². The average Bonchev–Trinajstić information content (AvgIpc) is 2.82. The van der Waals surface area contributed by atoms with Crippen molar-refractivity contribution in [2.75, 3.05) is 25.5 Å². The average molecular weight is 350 g/mol. The highest BCUT2D eigenvalue weighted by atomic mass is 35.5. The van der Waals surface area contributed by atoms with Crippen molar-refractivity contribution in [3.8, 4) is 0 Å². The third kappa shape index (κ3) is 3.11. The van der Waals surface area contributed by atoms with E-state index in [9.17, 15) is 14.4 Å². The first kappa shape index (κ1) is 16.8. The van der Waals surface area contributed by atoms with Gasteiger partial charge in [0.25, 0.3) is 5.91 Å². The van der Waals surface area contributed by atoms with E-state index in [0.717, 1.165) is 6.42 Å². The van der Waals surface area contributed by atoms with Gasteiger partial charge in [0, 0.05) is 51.1 Å². The van der Waals surface area contributed by atoms with E-state index in [0.29, 0.717) is 35.8 Å². The molecule has 2 aliphatic rings. The number of piperidine rings is 1. The van der Waals surface area contributed by atoms with Gasteiger partial charge in [0.15, 0.2) is 0 Å². The first-order valence-corrected chi connectivity index (χ1v) is 8.36. The highest BCUT2D eigenvalue weighted by Gasteiger charge is 2.42. The fourth-order valence-electron chi connectivity index (χ4n) is 3.61. The van der Waals surface area contributed by atoms with Gasteiger partial charge in [-0.05, 0) is 24.6 Å². The first-order valence-electron chi connectivity index (χ1n) is 7.99. The molecule has 0 unspecified atom stereocenters. The van der Waals surface area contributed by atoms with Crippen LogP contribution in [0.2, 0.25) is 5.02 Å². The van der Waals surface area contributed by atoms with Crippen LogP contribution in [0.3, 0.4) is 0 Å². The Hall–Kier alpha value is -2.08. The molecule has 2 atom stereocenters. The van der Waals surface area contributed by atoms with Gasteiger partial charge >= 0.3 is 0 Å². The van der Waals surface area contributed by atoms with Crippen LogP contribution in [0.5, 0.6) is 0 Å². The summed E-state index contributed by atoms with van der Waals surface area (Å²) in [5, 5.41) is 3.02. The zero-order valence-corrected chi connectivity index (χ0v) is 14.5. The van der Waals surface area contributed by atoms with Crippen molar-refractivity contribution < 1.29 is 14.4 Å². The number of hydrogen-bond acceptors (Lipinski definition) is 3. The number of hydrogen-bond donors (Lipinski definition) is 1.